The zero-order valence-corrected chi connectivity index (χ0v) is 17.6. The van der Waals surface area contributed by atoms with Crippen LogP contribution in [0.5, 0.6) is 5.75 Å². The molecule has 0 unspecified atom stereocenters. The molecule has 1 aromatic heterocycles. The van der Waals surface area contributed by atoms with E-state index in [1.165, 1.54) is 18.2 Å². The van der Waals surface area contributed by atoms with E-state index < -0.39 is 4.92 Å². The maximum atomic E-state index is 11.0. The Balaban J connectivity index is 1.60. The number of hydrogen-bond donors (Lipinski definition) is 2. The van der Waals surface area contributed by atoms with Crippen molar-refractivity contribution in [2.75, 3.05) is 25.0 Å². The fraction of sp³-hybridized carbons (Fsp3) is 0.318. The quantitative estimate of drug-likeness (QED) is 0.261. The molecule has 0 aliphatic carbocycles. The van der Waals surface area contributed by atoms with Crippen LogP contribution in [0.3, 0.4) is 0 Å². The van der Waals surface area contributed by atoms with Crippen molar-refractivity contribution in [3.8, 4) is 5.75 Å². The van der Waals surface area contributed by atoms with Crippen LogP contribution in [0.15, 0.2) is 48.7 Å². The molecule has 0 saturated heterocycles. The third-order valence-electron chi connectivity index (χ3n) is 4.88. The molecule has 0 radical (unpaired) electrons. The summed E-state index contributed by atoms with van der Waals surface area (Å²) in [5.41, 5.74) is 2.42. The summed E-state index contributed by atoms with van der Waals surface area (Å²) >= 11 is 6.05. The minimum absolute atomic E-state index is 0.00872. The van der Waals surface area contributed by atoms with E-state index in [9.17, 15) is 15.2 Å². The number of nitro groups is 1. The van der Waals surface area contributed by atoms with Crippen LogP contribution >= 0.6 is 11.6 Å². The van der Waals surface area contributed by atoms with Gasteiger partial charge in [-0.3, -0.25) is 20.0 Å². The normalized spacial score (nSPS) is 11.2. The number of hydrogen-bond acceptors (Lipinski definition) is 6. The Hall–Kier alpha value is -2.90. The van der Waals surface area contributed by atoms with Crippen molar-refractivity contribution in [2.45, 2.75) is 26.3 Å². The number of fused-ring (bicyclic) bond motifs is 1. The van der Waals surface area contributed by atoms with Gasteiger partial charge >= 0.3 is 0 Å². The maximum Gasteiger partial charge on any atom is 0.270 e. The van der Waals surface area contributed by atoms with E-state index in [4.69, 9.17) is 11.6 Å². The largest absolute Gasteiger partial charge is 0.508 e. The van der Waals surface area contributed by atoms with Crippen molar-refractivity contribution in [3.05, 3.63) is 69.4 Å². The van der Waals surface area contributed by atoms with E-state index in [1.807, 2.05) is 24.3 Å². The molecule has 0 amide bonds. The molecule has 0 fully saturated rings. The van der Waals surface area contributed by atoms with Crippen LogP contribution in [0, 0.1) is 10.1 Å². The fourth-order valence-electron chi connectivity index (χ4n) is 3.44. The second-order valence-corrected chi connectivity index (χ2v) is 7.58. The average molecular weight is 429 g/mol. The lowest BCUT2D eigenvalue weighted by Crippen LogP contribution is -2.26. The molecule has 0 aliphatic rings. The number of nitro benzene ring substituents is 1. The number of aromatic hydroxyl groups is 1. The van der Waals surface area contributed by atoms with Crippen molar-refractivity contribution in [1.82, 2.24) is 9.88 Å². The molecule has 7 nitrogen and oxygen atoms in total. The lowest BCUT2D eigenvalue weighted by Gasteiger charge is -2.22. The van der Waals surface area contributed by atoms with Crippen LogP contribution in [0.4, 0.5) is 11.4 Å². The highest BCUT2D eigenvalue weighted by Gasteiger charge is 2.13. The van der Waals surface area contributed by atoms with Gasteiger partial charge in [0.15, 0.2) is 0 Å². The van der Waals surface area contributed by atoms with Crippen molar-refractivity contribution in [2.24, 2.45) is 0 Å². The number of halogens is 1. The highest BCUT2D eigenvalue weighted by molar-refractivity contribution is 6.31. The molecule has 0 atom stereocenters. The SMILES string of the molecule is CCCN(CCCNc1ccnc2cc(Cl)ccc12)Cc1cc([N+](=O)[O-])ccc1O. The Morgan fingerprint density at radius 2 is 2.03 bits per heavy atom. The van der Waals surface area contributed by atoms with Gasteiger partial charge < -0.3 is 10.4 Å². The number of benzene rings is 2. The van der Waals surface area contributed by atoms with Gasteiger partial charge in [-0.2, -0.15) is 0 Å². The Labute approximate surface area is 180 Å². The molecule has 0 bridgehead atoms. The number of phenolic OH excluding ortho intramolecular Hbond substituents is 1. The van der Waals surface area contributed by atoms with Crippen molar-refractivity contribution < 1.29 is 10.0 Å². The van der Waals surface area contributed by atoms with Gasteiger partial charge in [-0.05, 0) is 49.7 Å². The molecule has 8 heteroatoms. The van der Waals surface area contributed by atoms with Gasteiger partial charge in [0.25, 0.3) is 5.69 Å². The smallest absolute Gasteiger partial charge is 0.270 e. The van der Waals surface area contributed by atoms with Gasteiger partial charge in [-0.1, -0.05) is 18.5 Å². The Kier molecular flexibility index (Phi) is 7.43. The van der Waals surface area contributed by atoms with Crippen LogP contribution in [-0.4, -0.2) is 39.5 Å². The van der Waals surface area contributed by atoms with E-state index >= 15 is 0 Å². The van der Waals surface area contributed by atoms with Gasteiger partial charge in [0, 0.05) is 59.6 Å². The molecular formula is C22H25ClN4O3. The maximum absolute atomic E-state index is 11.0. The third kappa shape index (κ3) is 5.58. The molecule has 30 heavy (non-hydrogen) atoms. The molecule has 0 saturated carbocycles. The van der Waals surface area contributed by atoms with Crippen molar-refractivity contribution in [3.63, 3.8) is 0 Å². The summed E-state index contributed by atoms with van der Waals surface area (Å²) in [7, 11) is 0. The summed E-state index contributed by atoms with van der Waals surface area (Å²) in [5.74, 6) is 0.0849. The molecule has 3 rings (SSSR count). The van der Waals surface area contributed by atoms with Gasteiger partial charge in [0.2, 0.25) is 0 Å². The predicted octanol–water partition coefficient (Wildman–Crippen LogP) is 5.22. The van der Waals surface area contributed by atoms with Crippen LogP contribution in [-0.2, 0) is 6.54 Å². The molecule has 2 aromatic carbocycles. The zero-order valence-electron chi connectivity index (χ0n) is 16.8. The number of aromatic nitrogens is 1. The third-order valence-corrected chi connectivity index (χ3v) is 5.11. The van der Waals surface area contributed by atoms with E-state index in [0.29, 0.717) is 17.1 Å². The van der Waals surface area contributed by atoms with Crippen LogP contribution in [0.25, 0.3) is 10.9 Å². The standard InChI is InChI=1S/C22H25ClN4O3/c1-2-11-26(15-16-13-18(27(29)30)5-7-22(16)28)12-3-9-24-20-8-10-25-21-14-17(23)4-6-19(20)21/h4-8,10,13-14,28H,2-3,9,11-12,15H2,1H3,(H,24,25). The first-order valence-corrected chi connectivity index (χ1v) is 10.3. The minimum atomic E-state index is -0.441. The number of phenols is 1. The molecule has 3 aromatic rings. The van der Waals surface area contributed by atoms with Crippen LogP contribution < -0.4 is 5.32 Å². The molecule has 158 valence electrons. The molecule has 0 aliphatic heterocycles. The summed E-state index contributed by atoms with van der Waals surface area (Å²) in [6, 6.07) is 11.8. The number of nitrogens with zero attached hydrogens (tertiary/aromatic N) is 3. The number of pyridine rings is 1. The van der Waals surface area contributed by atoms with E-state index in [-0.39, 0.29) is 11.4 Å². The van der Waals surface area contributed by atoms with E-state index in [2.05, 4.69) is 22.1 Å². The first-order valence-electron chi connectivity index (χ1n) is 9.94. The lowest BCUT2D eigenvalue weighted by atomic mass is 10.1. The van der Waals surface area contributed by atoms with Crippen LogP contribution in [0.1, 0.15) is 25.3 Å². The Bertz CT molecular complexity index is 1030. The first-order chi connectivity index (χ1) is 14.5. The van der Waals surface area contributed by atoms with Crippen LogP contribution in [0.2, 0.25) is 5.02 Å². The zero-order chi connectivity index (χ0) is 21.5. The highest BCUT2D eigenvalue weighted by Crippen LogP contribution is 2.25. The van der Waals surface area contributed by atoms with Crippen molar-refractivity contribution >= 4 is 33.9 Å². The lowest BCUT2D eigenvalue weighted by molar-refractivity contribution is -0.385. The van der Waals surface area contributed by atoms with Crippen molar-refractivity contribution in [1.29, 1.82) is 0 Å². The monoisotopic (exact) mass is 428 g/mol. The summed E-state index contributed by atoms with van der Waals surface area (Å²) in [5, 5.41) is 26.3. The minimum Gasteiger partial charge on any atom is -0.508 e. The van der Waals surface area contributed by atoms with Gasteiger partial charge in [-0.25, -0.2) is 0 Å². The summed E-state index contributed by atoms with van der Waals surface area (Å²) < 4.78 is 0. The molecular weight excluding hydrogens is 404 g/mol. The summed E-state index contributed by atoms with van der Waals surface area (Å²) in [6.07, 6.45) is 3.60. The number of nitrogens with one attached hydrogen (secondary N) is 1. The Morgan fingerprint density at radius 3 is 2.80 bits per heavy atom. The number of non-ortho nitro benzene ring substituents is 1. The summed E-state index contributed by atoms with van der Waals surface area (Å²) in [4.78, 5) is 17.1. The first kappa shape index (κ1) is 21.8. The Morgan fingerprint density at radius 1 is 1.20 bits per heavy atom. The highest BCUT2D eigenvalue weighted by atomic mass is 35.5. The van der Waals surface area contributed by atoms with Gasteiger partial charge in [0.1, 0.15) is 5.75 Å². The fourth-order valence-corrected chi connectivity index (χ4v) is 3.61. The molecule has 2 N–H and O–H groups in total. The molecule has 1 heterocycles. The predicted molar refractivity (Wildman–Crippen MR) is 120 cm³/mol. The number of anilines is 1. The topological polar surface area (TPSA) is 91.5 Å². The van der Waals surface area contributed by atoms with Gasteiger partial charge in [0.05, 0.1) is 10.4 Å². The molecule has 0 spiro atoms. The van der Waals surface area contributed by atoms with E-state index in [1.54, 1.807) is 6.20 Å². The second-order valence-electron chi connectivity index (χ2n) is 7.15. The average Bonchev–Trinajstić information content (AvgIpc) is 2.72. The number of rotatable bonds is 10. The summed E-state index contributed by atoms with van der Waals surface area (Å²) in [6.45, 7) is 4.98. The van der Waals surface area contributed by atoms with Gasteiger partial charge in [-0.15, -0.1) is 0 Å². The van der Waals surface area contributed by atoms with E-state index in [0.717, 1.165) is 49.1 Å². The second kappa shape index (κ2) is 10.2.